The Balaban J connectivity index is 3.20. The minimum absolute atomic E-state index is 0.139. The molecule has 0 saturated heterocycles. The van der Waals surface area contributed by atoms with Crippen molar-refractivity contribution in [3.8, 4) is 0 Å². The van der Waals surface area contributed by atoms with Crippen LogP contribution in [0.25, 0.3) is 0 Å². The fourth-order valence-electron chi connectivity index (χ4n) is 4.28. The topological polar surface area (TPSA) is 143 Å². The molecule has 0 aliphatic rings. The summed E-state index contributed by atoms with van der Waals surface area (Å²) >= 11 is 1.53. The summed E-state index contributed by atoms with van der Waals surface area (Å²) < 4.78 is 5.21. The Hall–Kier alpha value is -3.08. The van der Waals surface area contributed by atoms with Gasteiger partial charge in [-0.1, -0.05) is 78.3 Å². The van der Waals surface area contributed by atoms with Crippen molar-refractivity contribution in [3.05, 3.63) is 35.9 Å². The molecule has 0 heterocycles. The van der Waals surface area contributed by atoms with Gasteiger partial charge >= 0.3 is 6.09 Å². The number of ether oxygens (including phenoxy) is 1. The van der Waals surface area contributed by atoms with E-state index in [4.69, 9.17) is 4.74 Å². The Kier molecular flexibility index (Phi) is 17.6. The van der Waals surface area contributed by atoms with Crippen LogP contribution in [-0.4, -0.2) is 72.4 Å². The molecule has 0 saturated carbocycles. The minimum atomic E-state index is -0.983. The van der Waals surface area contributed by atoms with Crippen LogP contribution in [0.2, 0.25) is 0 Å². The maximum absolute atomic E-state index is 13.7. The average Bonchev–Trinajstić information content (AvgIpc) is 2.95. The van der Waals surface area contributed by atoms with Crippen LogP contribution in [-0.2, 0) is 30.3 Å². The first-order chi connectivity index (χ1) is 20.3. The van der Waals surface area contributed by atoms with Gasteiger partial charge in [-0.2, -0.15) is 11.8 Å². The summed E-state index contributed by atoms with van der Waals surface area (Å²) in [6, 6.07) is 5.75. The molecule has 0 aliphatic heterocycles. The van der Waals surface area contributed by atoms with Crippen molar-refractivity contribution in [1.82, 2.24) is 21.3 Å². The quantitative estimate of drug-likeness (QED) is 0.184. The highest BCUT2D eigenvalue weighted by atomic mass is 32.2. The Bertz CT molecular complexity index is 1040. The third-order valence-electron chi connectivity index (χ3n) is 6.99. The summed E-state index contributed by atoms with van der Waals surface area (Å²) in [6.07, 6.45) is 2.81. The number of hydrogen-bond donors (Lipinski definition) is 4. The third-order valence-corrected chi connectivity index (χ3v) is 7.63. The van der Waals surface area contributed by atoms with Gasteiger partial charge in [-0.05, 0) is 55.1 Å². The first-order valence-corrected chi connectivity index (χ1v) is 16.6. The van der Waals surface area contributed by atoms with E-state index in [9.17, 15) is 24.0 Å². The average molecular weight is 621 g/mol. The Morgan fingerprint density at radius 2 is 1.40 bits per heavy atom. The van der Waals surface area contributed by atoms with Crippen LogP contribution < -0.4 is 21.3 Å². The van der Waals surface area contributed by atoms with Crippen LogP contribution in [0.15, 0.2) is 30.3 Å². The first-order valence-electron chi connectivity index (χ1n) is 15.2. The monoisotopic (exact) mass is 620 g/mol. The second-order valence-corrected chi connectivity index (χ2v) is 12.9. The predicted molar refractivity (Wildman–Crippen MR) is 172 cm³/mol. The molecule has 0 fully saturated rings. The van der Waals surface area contributed by atoms with Gasteiger partial charge in [-0.15, -0.1) is 0 Å². The van der Waals surface area contributed by atoms with E-state index in [1.165, 1.54) is 18.7 Å². The van der Waals surface area contributed by atoms with Gasteiger partial charge in [0, 0.05) is 6.42 Å². The maximum Gasteiger partial charge on any atom is 0.407 e. The van der Waals surface area contributed by atoms with Crippen molar-refractivity contribution in [1.29, 1.82) is 0 Å². The molecule has 1 rings (SSSR count). The highest BCUT2D eigenvalue weighted by Gasteiger charge is 2.33. The van der Waals surface area contributed by atoms with Crippen molar-refractivity contribution >= 4 is 41.4 Å². The van der Waals surface area contributed by atoms with Crippen molar-refractivity contribution < 1.29 is 28.7 Å². The van der Waals surface area contributed by atoms with Gasteiger partial charge in [0.1, 0.15) is 18.1 Å². The molecule has 1 aromatic carbocycles. The van der Waals surface area contributed by atoms with Gasteiger partial charge in [0.2, 0.25) is 17.7 Å². The number of benzene rings is 1. The molecule has 0 bridgehead atoms. The highest BCUT2D eigenvalue weighted by molar-refractivity contribution is 7.98. The fraction of sp³-hybridized carbons (Fsp3) is 0.656. The number of carbonyl (C=O) groups excluding carboxylic acids is 5. The summed E-state index contributed by atoms with van der Waals surface area (Å²) in [4.78, 5) is 65.3. The molecule has 5 unspecified atom stereocenters. The molecule has 0 radical (unpaired) electrons. The normalized spacial score (nSPS) is 14.7. The van der Waals surface area contributed by atoms with E-state index in [0.29, 0.717) is 25.0 Å². The van der Waals surface area contributed by atoms with Crippen LogP contribution in [0.1, 0.15) is 73.3 Å². The summed E-state index contributed by atoms with van der Waals surface area (Å²) in [7, 11) is 0. The van der Waals surface area contributed by atoms with Gasteiger partial charge in [-0.25, -0.2) is 4.79 Å². The smallest absolute Gasteiger partial charge is 0.407 e. The number of thioether (sulfide) groups is 1. The van der Waals surface area contributed by atoms with Gasteiger partial charge < -0.3 is 26.0 Å². The Labute approximate surface area is 261 Å². The molecular formula is C32H52N4O6S. The molecule has 0 aliphatic carbocycles. The number of hydrogen-bond acceptors (Lipinski definition) is 7. The van der Waals surface area contributed by atoms with Crippen molar-refractivity contribution in [2.24, 2.45) is 17.8 Å². The SMILES string of the molecule is CCC(C)C(NC(=O)C(CCSC)NC(=O)OCC(C)C)C(=O)NC(Cc1ccccc1)C(=O)NC(CC(C)C)C(C)=O. The zero-order valence-electron chi connectivity index (χ0n) is 27.0. The molecule has 43 heavy (non-hydrogen) atoms. The largest absolute Gasteiger partial charge is 0.449 e. The maximum atomic E-state index is 13.7. The summed E-state index contributed by atoms with van der Waals surface area (Å²) in [5, 5.41) is 11.1. The van der Waals surface area contributed by atoms with E-state index in [0.717, 1.165) is 5.56 Å². The molecule has 4 amide bonds. The Morgan fingerprint density at radius 1 is 0.791 bits per heavy atom. The van der Waals surface area contributed by atoms with E-state index in [1.807, 2.05) is 78.1 Å². The molecule has 0 aromatic heterocycles. The molecule has 5 atom stereocenters. The standard InChI is InChI=1S/C32H52N4O6S/c1-9-22(6)28(36-29(38)25(15-16-43-8)35-32(41)42-19-21(4)5)31(40)34-27(18-24-13-11-10-12-14-24)30(39)33-26(23(7)37)17-20(2)3/h10-14,20-22,25-28H,9,15-19H2,1-8H3,(H,33,39)(H,34,40)(H,35,41)(H,36,38). The van der Waals surface area contributed by atoms with Crippen LogP contribution >= 0.6 is 11.8 Å². The highest BCUT2D eigenvalue weighted by Crippen LogP contribution is 2.13. The van der Waals surface area contributed by atoms with Gasteiger partial charge in [0.15, 0.2) is 5.78 Å². The van der Waals surface area contributed by atoms with Gasteiger partial charge in [0.05, 0.1) is 12.6 Å². The van der Waals surface area contributed by atoms with E-state index >= 15 is 0 Å². The number of amides is 4. The van der Waals surface area contributed by atoms with E-state index in [-0.39, 0.29) is 36.6 Å². The van der Waals surface area contributed by atoms with Crippen LogP contribution in [0.5, 0.6) is 0 Å². The molecule has 4 N–H and O–H groups in total. The summed E-state index contributed by atoms with van der Waals surface area (Å²) in [6.45, 7) is 13.2. The van der Waals surface area contributed by atoms with Crippen molar-refractivity contribution in [3.63, 3.8) is 0 Å². The number of alkyl carbamates (subject to hydrolysis) is 1. The van der Waals surface area contributed by atoms with Crippen molar-refractivity contribution in [2.75, 3.05) is 18.6 Å². The second-order valence-electron chi connectivity index (χ2n) is 11.9. The summed E-state index contributed by atoms with van der Waals surface area (Å²) in [5.74, 6) is -1.01. The Morgan fingerprint density at radius 3 is 1.93 bits per heavy atom. The number of carbonyl (C=O) groups is 5. The molecular weight excluding hydrogens is 568 g/mol. The number of nitrogens with one attached hydrogen (secondary N) is 4. The molecule has 10 nitrogen and oxygen atoms in total. The number of ketones is 1. The minimum Gasteiger partial charge on any atom is -0.449 e. The van der Waals surface area contributed by atoms with Crippen molar-refractivity contribution in [2.45, 2.75) is 98.3 Å². The zero-order valence-corrected chi connectivity index (χ0v) is 27.8. The number of rotatable bonds is 19. The van der Waals surface area contributed by atoms with Gasteiger partial charge in [0.25, 0.3) is 0 Å². The third kappa shape index (κ3) is 14.8. The fourth-order valence-corrected chi connectivity index (χ4v) is 4.75. The summed E-state index contributed by atoms with van der Waals surface area (Å²) in [5.41, 5.74) is 0.830. The van der Waals surface area contributed by atoms with E-state index in [2.05, 4.69) is 21.3 Å². The van der Waals surface area contributed by atoms with Gasteiger partial charge in [-0.3, -0.25) is 19.2 Å². The molecule has 1 aromatic rings. The lowest BCUT2D eigenvalue weighted by molar-refractivity contribution is -0.134. The van der Waals surface area contributed by atoms with E-state index < -0.39 is 48.0 Å². The molecule has 242 valence electrons. The lowest BCUT2D eigenvalue weighted by atomic mass is 9.96. The van der Waals surface area contributed by atoms with Crippen LogP contribution in [0.3, 0.4) is 0 Å². The van der Waals surface area contributed by atoms with Crippen LogP contribution in [0, 0.1) is 17.8 Å². The van der Waals surface area contributed by atoms with Crippen LogP contribution in [0.4, 0.5) is 4.79 Å². The zero-order chi connectivity index (χ0) is 32.5. The lowest BCUT2D eigenvalue weighted by Gasteiger charge is -2.29. The molecule has 0 spiro atoms. The first kappa shape index (κ1) is 37.9. The van der Waals surface area contributed by atoms with E-state index in [1.54, 1.807) is 0 Å². The second kappa shape index (κ2) is 20.0. The predicted octanol–water partition coefficient (Wildman–Crippen LogP) is 3.87. The molecule has 11 heteroatoms. The lowest BCUT2D eigenvalue weighted by Crippen LogP contribution is -2.59. The number of Topliss-reactive ketones (excluding diaryl/α,β-unsaturated/α-hetero) is 1.